The van der Waals surface area contributed by atoms with Crippen LogP contribution in [0.4, 0.5) is 0 Å². The van der Waals surface area contributed by atoms with Crippen molar-refractivity contribution in [3.05, 3.63) is 29.8 Å². The Labute approximate surface area is 237 Å². The van der Waals surface area contributed by atoms with Gasteiger partial charge >= 0.3 is 11.9 Å². The molecule has 0 saturated carbocycles. The Kier molecular flexibility index (Phi) is 21.7. The highest BCUT2D eigenvalue weighted by molar-refractivity contribution is 5.87. The molecule has 0 aliphatic rings. The van der Waals surface area contributed by atoms with Crippen LogP contribution >= 0.6 is 0 Å². The maximum atomic E-state index is 11.9. The minimum Gasteiger partial charge on any atom is -0.504 e. The van der Waals surface area contributed by atoms with Gasteiger partial charge in [0.05, 0.1) is 20.8 Å². The van der Waals surface area contributed by atoms with Crippen molar-refractivity contribution >= 4 is 18.0 Å². The molecule has 1 aromatic carbocycles. The summed E-state index contributed by atoms with van der Waals surface area (Å²) in [6, 6.07) is 4.92. The number of esters is 2. The van der Waals surface area contributed by atoms with Gasteiger partial charge in [-0.25, -0.2) is 4.79 Å². The van der Waals surface area contributed by atoms with Gasteiger partial charge in [-0.3, -0.25) is 4.79 Å². The first-order chi connectivity index (χ1) is 19.1. The Morgan fingerprint density at radius 2 is 1.15 bits per heavy atom. The van der Waals surface area contributed by atoms with Crippen LogP contribution in [0.25, 0.3) is 6.08 Å². The van der Waals surface area contributed by atoms with Crippen LogP contribution in [0.3, 0.4) is 0 Å². The smallest absolute Gasteiger partial charge is 0.330 e. The minimum absolute atomic E-state index is 0.0730. The summed E-state index contributed by atoms with van der Waals surface area (Å²) in [5, 5.41) is 9.61. The molecule has 39 heavy (non-hydrogen) atoms. The summed E-state index contributed by atoms with van der Waals surface area (Å²) < 4.78 is 15.0. The molecule has 0 unspecified atom stereocenters. The normalized spacial score (nSPS) is 11.1. The number of hydrogen-bond acceptors (Lipinski definition) is 6. The van der Waals surface area contributed by atoms with E-state index >= 15 is 0 Å². The van der Waals surface area contributed by atoms with Gasteiger partial charge in [-0.05, 0) is 36.6 Å². The SMILES string of the molecule is COC(=O)CCCCCCCCCCCCCCCCCCCCCOC(=O)/C=C/c1ccc(O)c(OC)c1. The summed E-state index contributed by atoms with van der Waals surface area (Å²) in [6.45, 7) is 0.459. The molecule has 6 nitrogen and oxygen atoms in total. The van der Waals surface area contributed by atoms with Crippen molar-refractivity contribution < 1.29 is 28.9 Å². The zero-order valence-corrected chi connectivity index (χ0v) is 24.7. The van der Waals surface area contributed by atoms with E-state index in [0.29, 0.717) is 18.8 Å². The quantitative estimate of drug-likeness (QED) is 0.0749. The van der Waals surface area contributed by atoms with Gasteiger partial charge in [0.15, 0.2) is 11.5 Å². The zero-order chi connectivity index (χ0) is 28.4. The van der Waals surface area contributed by atoms with Crippen molar-refractivity contribution in [1.82, 2.24) is 0 Å². The Balaban J connectivity index is 1.79. The molecule has 0 aliphatic heterocycles. The predicted molar refractivity (Wildman–Crippen MR) is 159 cm³/mol. The lowest BCUT2D eigenvalue weighted by molar-refractivity contribution is -0.141. The van der Waals surface area contributed by atoms with Crippen LogP contribution in [0.2, 0.25) is 0 Å². The van der Waals surface area contributed by atoms with Crippen molar-refractivity contribution in [2.75, 3.05) is 20.8 Å². The summed E-state index contributed by atoms with van der Waals surface area (Å²) >= 11 is 0. The minimum atomic E-state index is -0.345. The second-order valence-corrected chi connectivity index (χ2v) is 10.5. The molecule has 222 valence electrons. The zero-order valence-electron chi connectivity index (χ0n) is 24.7. The summed E-state index contributed by atoms with van der Waals surface area (Å²) in [5.41, 5.74) is 0.769. The third-order valence-corrected chi connectivity index (χ3v) is 7.11. The molecule has 0 spiro atoms. The number of hydrogen-bond donors (Lipinski definition) is 1. The van der Waals surface area contributed by atoms with Crippen LogP contribution in [0.15, 0.2) is 24.3 Å². The van der Waals surface area contributed by atoms with E-state index in [9.17, 15) is 14.7 Å². The lowest BCUT2D eigenvalue weighted by Gasteiger charge is -2.05. The Bertz CT molecular complexity index is 788. The van der Waals surface area contributed by atoms with Gasteiger partial charge < -0.3 is 19.3 Å². The molecule has 0 fully saturated rings. The summed E-state index contributed by atoms with van der Waals surface area (Å²) in [5.74, 6) is 0.0212. The fourth-order valence-corrected chi connectivity index (χ4v) is 4.66. The van der Waals surface area contributed by atoms with Crippen molar-refractivity contribution in [1.29, 1.82) is 0 Å². The van der Waals surface area contributed by atoms with Crippen LogP contribution < -0.4 is 4.74 Å². The van der Waals surface area contributed by atoms with E-state index in [1.807, 2.05) is 0 Å². The first-order valence-corrected chi connectivity index (χ1v) is 15.4. The average molecular weight is 547 g/mol. The monoisotopic (exact) mass is 546 g/mol. The number of ether oxygens (including phenoxy) is 3. The topological polar surface area (TPSA) is 82.1 Å². The fraction of sp³-hybridized carbons (Fsp3) is 0.697. The van der Waals surface area contributed by atoms with Crippen molar-refractivity contribution in [3.63, 3.8) is 0 Å². The van der Waals surface area contributed by atoms with Crippen molar-refractivity contribution in [2.24, 2.45) is 0 Å². The Morgan fingerprint density at radius 3 is 1.62 bits per heavy atom. The molecule has 1 rings (SSSR count). The van der Waals surface area contributed by atoms with E-state index in [1.165, 1.54) is 123 Å². The van der Waals surface area contributed by atoms with E-state index in [-0.39, 0.29) is 17.7 Å². The summed E-state index contributed by atoms with van der Waals surface area (Å²) in [7, 11) is 2.95. The maximum absolute atomic E-state index is 11.9. The first-order valence-electron chi connectivity index (χ1n) is 15.4. The fourth-order valence-electron chi connectivity index (χ4n) is 4.66. The number of aromatic hydroxyl groups is 1. The van der Waals surface area contributed by atoms with Crippen molar-refractivity contribution in [3.8, 4) is 11.5 Å². The molecule has 0 radical (unpaired) electrons. The van der Waals surface area contributed by atoms with Gasteiger partial charge in [0, 0.05) is 12.5 Å². The molecular formula is C33H54O6. The second kappa shape index (κ2) is 24.5. The third kappa shape index (κ3) is 20.1. The number of unbranched alkanes of at least 4 members (excludes halogenated alkanes) is 18. The summed E-state index contributed by atoms with van der Waals surface area (Å²) in [4.78, 5) is 22.9. The highest BCUT2D eigenvalue weighted by atomic mass is 16.5. The standard InChI is InChI=1S/C33H54O6/c1-37-31-28-29(23-25-30(31)34)24-26-33(36)39-27-21-19-17-15-13-11-9-7-5-3-4-6-8-10-12-14-16-18-20-22-32(35)38-2/h23-26,28,34H,3-22,27H2,1-2H3/b26-24+. The number of carbonyl (C=O) groups is 2. The number of phenolic OH excluding ortho intramolecular Hbond substituents is 1. The van der Waals surface area contributed by atoms with E-state index in [0.717, 1.165) is 31.2 Å². The molecule has 1 N–H and O–H groups in total. The molecule has 0 heterocycles. The van der Waals surface area contributed by atoms with Crippen LogP contribution in [-0.4, -0.2) is 37.9 Å². The average Bonchev–Trinajstić information content (AvgIpc) is 2.95. The van der Waals surface area contributed by atoms with Crippen molar-refractivity contribution in [2.45, 2.75) is 128 Å². The number of benzene rings is 1. The molecule has 0 saturated heterocycles. The largest absolute Gasteiger partial charge is 0.504 e. The van der Waals surface area contributed by atoms with E-state index in [2.05, 4.69) is 4.74 Å². The predicted octanol–water partition coefficient (Wildman–Crippen LogP) is 8.93. The molecule has 0 bridgehead atoms. The molecular weight excluding hydrogens is 492 g/mol. The van der Waals surface area contributed by atoms with E-state index < -0.39 is 0 Å². The lowest BCUT2D eigenvalue weighted by atomic mass is 10.0. The molecule has 6 heteroatoms. The number of carbonyl (C=O) groups excluding carboxylic acids is 2. The van der Waals surface area contributed by atoms with Gasteiger partial charge in [-0.1, -0.05) is 115 Å². The van der Waals surface area contributed by atoms with E-state index in [4.69, 9.17) is 9.47 Å². The highest BCUT2D eigenvalue weighted by Crippen LogP contribution is 2.26. The number of phenols is 1. The molecule has 1 aromatic rings. The first kappa shape index (κ1) is 34.5. The van der Waals surface area contributed by atoms with Gasteiger partial charge in [0.25, 0.3) is 0 Å². The second-order valence-electron chi connectivity index (χ2n) is 10.5. The highest BCUT2D eigenvalue weighted by Gasteiger charge is 2.02. The van der Waals surface area contributed by atoms with E-state index in [1.54, 1.807) is 18.2 Å². The molecule has 0 amide bonds. The van der Waals surface area contributed by atoms with Crippen LogP contribution in [0.5, 0.6) is 11.5 Å². The van der Waals surface area contributed by atoms with Crippen LogP contribution in [0, 0.1) is 0 Å². The third-order valence-electron chi connectivity index (χ3n) is 7.11. The molecule has 0 aromatic heterocycles. The Hall–Kier alpha value is -2.50. The molecule has 0 aliphatic carbocycles. The maximum Gasteiger partial charge on any atom is 0.330 e. The lowest BCUT2D eigenvalue weighted by Crippen LogP contribution is -2.02. The van der Waals surface area contributed by atoms with Gasteiger partial charge in [0.1, 0.15) is 0 Å². The number of rotatable bonds is 25. The number of methoxy groups -OCH3 is 2. The Morgan fingerprint density at radius 1 is 0.692 bits per heavy atom. The van der Waals surface area contributed by atoms with Crippen LogP contribution in [0.1, 0.15) is 134 Å². The molecule has 0 atom stereocenters. The van der Waals surface area contributed by atoms with Gasteiger partial charge in [-0.15, -0.1) is 0 Å². The van der Waals surface area contributed by atoms with Gasteiger partial charge in [-0.2, -0.15) is 0 Å². The summed E-state index contributed by atoms with van der Waals surface area (Å²) in [6.07, 6.45) is 27.7. The van der Waals surface area contributed by atoms with Gasteiger partial charge in [0.2, 0.25) is 0 Å². The van der Waals surface area contributed by atoms with Crippen LogP contribution in [-0.2, 0) is 19.1 Å².